The van der Waals surface area contributed by atoms with Gasteiger partial charge in [-0.1, -0.05) is 200 Å². The largest absolute Gasteiger partial charge is 0.309 e. The van der Waals surface area contributed by atoms with E-state index in [1.54, 1.807) is 0 Å². The minimum atomic E-state index is 0.613. The highest BCUT2D eigenvalue weighted by molar-refractivity contribution is 6.27. The minimum absolute atomic E-state index is 0.613. The summed E-state index contributed by atoms with van der Waals surface area (Å²) in [5.41, 5.74) is 14.2. The Kier molecular flexibility index (Phi) is 9.14. The van der Waals surface area contributed by atoms with Crippen molar-refractivity contribution in [2.45, 2.75) is 0 Å². The maximum absolute atomic E-state index is 5.33. The van der Waals surface area contributed by atoms with Crippen molar-refractivity contribution < 1.29 is 0 Å². The molecule has 0 bridgehead atoms. The first-order valence-corrected chi connectivity index (χ1v) is 23.8. The van der Waals surface area contributed by atoms with Crippen LogP contribution < -0.4 is 0 Å². The molecular weight excluding hydrogens is 851 g/mol. The van der Waals surface area contributed by atoms with Crippen LogP contribution in [0.2, 0.25) is 0 Å². The zero-order valence-corrected chi connectivity index (χ0v) is 37.9. The molecule has 0 aliphatic rings. The Morgan fingerprint density at radius 2 is 0.743 bits per heavy atom. The molecule has 326 valence electrons. The van der Waals surface area contributed by atoms with Crippen molar-refractivity contribution in [2.75, 3.05) is 0 Å². The second kappa shape index (κ2) is 16.1. The van der Waals surface area contributed by atoms with E-state index in [-0.39, 0.29) is 0 Å². The zero-order chi connectivity index (χ0) is 46.1. The topological polar surface area (TPSA) is 48.5 Å². The van der Waals surface area contributed by atoms with Crippen LogP contribution in [0.4, 0.5) is 0 Å². The SMILES string of the molecule is c1ccc(-c2ccc(-c3nc(-c4ccccc4)nc(-c4cc(-n5c6ccccc6c6cc7c8c9ccccc9c(-c9ccccc9)cc8n(-c8ccccc8)c7cc65)cc5ccccc45)n3)cc2)cc1. The summed E-state index contributed by atoms with van der Waals surface area (Å²) in [7, 11) is 0. The minimum Gasteiger partial charge on any atom is -0.309 e. The molecule has 0 radical (unpaired) electrons. The van der Waals surface area contributed by atoms with Crippen LogP contribution in [0.5, 0.6) is 0 Å². The molecule has 0 saturated carbocycles. The van der Waals surface area contributed by atoms with Crippen LogP contribution in [0.15, 0.2) is 249 Å². The van der Waals surface area contributed by atoms with E-state index in [1.807, 2.05) is 24.3 Å². The molecule has 0 N–H and O–H groups in total. The summed E-state index contributed by atoms with van der Waals surface area (Å²) < 4.78 is 4.89. The summed E-state index contributed by atoms with van der Waals surface area (Å²) in [6.07, 6.45) is 0. The van der Waals surface area contributed by atoms with Crippen LogP contribution in [-0.2, 0) is 0 Å². The molecule has 0 amide bonds. The second-order valence-electron chi connectivity index (χ2n) is 18.0. The van der Waals surface area contributed by atoms with E-state index in [2.05, 4.69) is 234 Å². The number of hydrogen-bond donors (Lipinski definition) is 0. The number of benzene rings is 11. The Bertz CT molecular complexity index is 4310. The number of hydrogen-bond acceptors (Lipinski definition) is 3. The second-order valence-corrected chi connectivity index (χ2v) is 18.0. The van der Waals surface area contributed by atoms with Gasteiger partial charge in [-0.25, -0.2) is 15.0 Å². The van der Waals surface area contributed by atoms with Gasteiger partial charge in [0.05, 0.1) is 22.1 Å². The van der Waals surface area contributed by atoms with Crippen LogP contribution >= 0.6 is 0 Å². The Balaban J connectivity index is 1.04. The molecule has 0 aliphatic carbocycles. The van der Waals surface area contributed by atoms with Crippen LogP contribution in [-0.4, -0.2) is 24.1 Å². The molecule has 11 aromatic carbocycles. The molecular formula is C65H41N5. The summed E-state index contributed by atoms with van der Waals surface area (Å²) in [6.45, 7) is 0. The Morgan fingerprint density at radius 1 is 0.243 bits per heavy atom. The van der Waals surface area contributed by atoms with Crippen molar-refractivity contribution in [3.63, 3.8) is 0 Å². The molecule has 3 aromatic heterocycles. The fourth-order valence-corrected chi connectivity index (χ4v) is 10.7. The van der Waals surface area contributed by atoms with Gasteiger partial charge in [0.1, 0.15) is 0 Å². The number of rotatable bonds is 7. The highest BCUT2D eigenvalue weighted by atomic mass is 15.0. The highest BCUT2D eigenvalue weighted by Gasteiger charge is 2.23. The van der Waals surface area contributed by atoms with Crippen molar-refractivity contribution in [1.82, 2.24) is 24.1 Å². The third kappa shape index (κ3) is 6.44. The average molecular weight is 892 g/mol. The normalized spacial score (nSPS) is 11.7. The lowest BCUT2D eigenvalue weighted by Crippen LogP contribution is -2.02. The Morgan fingerprint density at radius 3 is 1.46 bits per heavy atom. The summed E-state index contributed by atoms with van der Waals surface area (Å²) >= 11 is 0. The molecule has 0 aliphatic heterocycles. The average Bonchev–Trinajstić information content (AvgIpc) is 3.94. The van der Waals surface area contributed by atoms with Crippen molar-refractivity contribution in [1.29, 1.82) is 0 Å². The number of fused-ring (bicyclic) bond motifs is 9. The van der Waals surface area contributed by atoms with E-state index >= 15 is 0 Å². The van der Waals surface area contributed by atoms with Crippen molar-refractivity contribution >= 4 is 65.2 Å². The molecule has 70 heavy (non-hydrogen) atoms. The number of nitrogens with zero attached hydrogens (tertiary/aromatic N) is 5. The van der Waals surface area contributed by atoms with Gasteiger partial charge in [0, 0.05) is 49.6 Å². The van der Waals surface area contributed by atoms with E-state index in [1.165, 1.54) is 49.0 Å². The zero-order valence-electron chi connectivity index (χ0n) is 37.9. The molecule has 5 nitrogen and oxygen atoms in total. The van der Waals surface area contributed by atoms with Gasteiger partial charge in [-0.2, -0.15) is 0 Å². The lowest BCUT2D eigenvalue weighted by atomic mass is 9.94. The highest BCUT2D eigenvalue weighted by Crippen LogP contribution is 2.45. The van der Waals surface area contributed by atoms with Crippen LogP contribution in [0.25, 0.3) is 133 Å². The third-order valence-corrected chi connectivity index (χ3v) is 13.9. The quantitative estimate of drug-likeness (QED) is 0.160. The summed E-state index contributed by atoms with van der Waals surface area (Å²) in [4.78, 5) is 15.7. The lowest BCUT2D eigenvalue weighted by molar-refractivity contribution is 1.07. The molecule has 0 unspecified atom stereocenters. The van der Waals surface area contributed by atoms with Gasteiger partial charge >= 0.3 is 0 Å². The Labute approximate surface area is 403 Å². The number of para-hydroxylation sites is 2. The van der Waals surface area contributed by atoms with Gasteiger partial charge in [0.15, 0.2) is 17.5 Å². The molecule has 0 spiro atoms. The van der Waals surface area contributed by atoms with Crippen LogP contribution in [0.1, 0.15) is 0 Å². The van der Waals surface area contributed by atoms with Gasteiger partial charge in [0.2, 0.25) is 0 Å². The van der Waals surface area contributed by atoms with Crippen molar-refractivity contribution in [2.24, 2.45) is 0 Å². The molecule has 0 atom stereocenters. The van der Waals surface area contributed by atoms with Crippen LogP contribution in [0.3, 0.4) is 0 Å². The van der Waals surface area contributed by atoms with E-state index in [9.17, 15) is 0 Å². The first-order valence-electron chi connectivity index (χ1n) is 23.8. The van der Waals surface area contributed by atoms with E-state index in [0.29, 0.717) is 17.5 Å². The monoisotopic (exact) mass is 891 g/mol. The summed E-state index contributed by atoms with van der Waals surface area (Å²) in [5.74, 6) is 1.86. The first-order chi connectivity index (χ1) is 34.7. The molecule has 14 rings (SSSR count). The molecule has 14 aromatic rings. The Hall–Kier alpha value is -9.45. The first kappa shape index (κ1) is 39.7. The number of aromatic nitrogens is 5. The molecule has 0 fully saturated rings. The van der Waals surface area contributed by atoms with Crippen LogP contribution in [0, 0.1) is 0 Å². The van der Waals surface area contributed by atoms with Gasteiger partial charge in [0.25, 0.3) is 0 Å². The van der Waals surface area contributed by atoms with Gasteiger partial charge in [-0.3, -0.25) is 0 Å². The smallest absolute Gasteiger partial charge is 0.164 e. The predicted octanol–water partition coefficient (Wildman–Crippen LogP) is 16.7. The van der Waals surface area contributed by atoms with Gasteiger partial charge < -0.3 is 9.13 Å². The summed E-state index contributed by atoms with van der Waals surface area (Å²) in [6, 6.07) is 88.9. The van der Waals surface area contributed by atoms with E-state index in [0.717, 1.165) is 66.5 Å². The maximum Gasteiger partial charge on any atom is 0.164 e. The standard InChI is InChI=1S/C65H41N5/c1-5-19-42(20-6-1)43-33-35-46(36-34-43)64-66-63(45-23-9-3-10-24-45)67-65(68-64)56-38-49(37-47-25-13-14-28-50(47)56)70-58-32-18-17-30-52(58)55-39-57-60(41-59(55)70)69(48-26-11-4-12-27-48)61-40-54(44-21-7-2-8-22-44)51-29-15-16-31-53(51)62(57)61/h1-41H. The maximum atomic E-state index is 5.33. The molecule has 5 heteroatoms. The fraction of sp³-hybridized carbons (Fsp3) is 0. The van der Waals surface area contributed by atoms with Crippen molar-refractivity contribution in [3.05, 3.63) is 249 Å². The lowest BCUT2D eigenvalue weighted by Gasteiger charge is -2.15. The fourth-order valence-electron chi connectivity index (χ4n) is 10.7. The molecule has 3 heterocycles. The molecule has 0 saturated heterocycles. The van der Waals surface area contributed by atoms with Gasteiger partial charge in [-0.05, 0) is 92.3 Å². The van der Waals surface area contributed by atoms with Crippen molar-refractivity contribution in [3.8, 4) is 67.8 Å². The third-order valence-electron chi connectivity index (χ3n) is 13.9. The summed E-state index contributed by atoms with van der Waals surface area (Å²) in [5, 5.41) is 9.47. The van der Waals surface area contributed by atoms with E-state index < -0.39 is 0 Å². The van der Waals surface area contributed by atoms with Gasteiger partial charge in [-0.15, -0.1) is 0 Å². The van der Waals surface area contributed by atoms with E-state index in [4.69, 9.17) is 15.0 Å². The predicted molar refractivity (Wildman–Crippen MR) is 291 cm³/mol.